The van der Waals surface area contributed by atoms with Crippen molar-refractivity contribution >= 4 is 17.6 Å². The number of methoxy groups -OCH3 is 1. The average Bonchev–Trinajstić information content (AvgIpc) is 3.05. The maximum absolute atomic E-state index is 6.22. The lowest BCUT2D eigenvalue weighted by Crippen LogP contribution is -2.47. The Morgan fingerprint density at radius 3 is 3.04 bits per heavy atom. The molecular weight excluding hydrogens is 364 g/mol. The van der Waals surface area contributed by atoms with E-state index >= 15 is 0 Å². The molecular formula is C19H27ClN6O. The molecule has 1 aromatic carbocycles. The van der Waals surface area contributed by atoms with Crippen molar-refractivity contribution in [3.63, 3.8) is 0 Å². The molecule has 0 bridgehead atoms. The molecule has 1 aromatic heterocycles. The molecule has 0 saturated heterocycles. The van der Waals surface area contributed by atoms with Gasteiger partial charge in [0.2, 0.25) is 0 Å². The van der Waals surface area contributed by atoms with E-state index in [0.717, 1.165) is 60.5 Å². The van der Waals surface area contributed by atoms with Crippen molar-refractivity contribution in [2.75, 3.05) is 20.2 Å². The van der Waals surface area contributed by atoms with E-state index in [9.17, 15) is 0 Å². The first kappa shape index (κ1) is 19.6. The van der Waals surface area contributed by atoms with Gasteiger partial charge in [0.05, 0.1) is 6.54 Å². The van der Waals surface area contributed by atoms with Gasteiger partial charge in [-0.1, -0.05) is 29.8 Å². The van der Waals surface area contributed by atoms with Crippen LogP contribution in [0.25, 0.3) is 0 Å². The number of rotatable bonds is 7. The molecule has 27 heavy (non-hydrogen) atoms. The van der Waals surface area contributed by atoms with E-state index in [0.29, 0.717) is 13.2 Å². The van der Waals surface area contributed by atoms with Gasteiger partial charge >= 0.3 is 0 Å². The largest absolute Gasteiger partial charge is 0.377 e. The van der Waals surface area contributed by atoms with E-state index < -0.39 is 0 Å². The highest BCUT2D eigenvalue weighted by Gasteiger charge is 2.22. The molecule has 1 aliphatic rings. The van der Waals surface area contributed by atoms with Crippen LogP contribution in [-0.2, 0) is 30.7 Å². The molecule has 0 spiro atoms. The van der Waals surface area contributed by atoms with Crippen molar-refractivity contribution in [1.82, 2.24) is 25.4 Å². The summed E-state index contributed by atoms with van der Waals surface area (Å²) in [5.41, 5.74) is 1.12. The van der Waals surface area contributed by atoms with E-state index in [4.69, 9.17) is 21.3 Å². The smallest absolute Gasteiger partial charge is 0.191 e. The third-order valence-corrected chi connectivity index (χ3v) is 4.84. The Hall–Kier alpha value is -2.12. The number of aromatic nitrogens is 3. The molecule has 2 N–H and O–H groups in total. The fraction of sp³-hybridized carbons (Fsp3) is 0.526. The topological polar surface area (TPSA) is 76.4 Å². The van der Waals surface area contributed by atoms with Crippen LogP contribution in [0.2, 0.25) is 5.02 Å². The number of fused-ring (bicyclic) bond motifs is 1. The Balaban J connectivity index is 1.58. The summed E-state index contributed by atoms with van der Waals surface area (Å²) in [6, 6.07) is 8.18. The Labute approximate surface area is 165 Å². The van der Waals surface area contributed by atoms with Gasteiger partial charge in [-0.2, -0.15) is 5.10 Å². The van der Waals surface area contributed by atoms with Crippen LogP contribution in [0.4, 0.5) is 0 Å². The molecule has 146 valence electrons. The Bertz CT molecular complexity index is 775. The number of benzene rings is 1. The van der Waals surface area contributed by atoms with E-state index in [1.54, 1.807) is 7.11 Å². The van der Waals surface area contributed by atoms with E-state index in [1.807, 2.05) is 28.9 Å². The molecule has 0 amide bonds. The molecule has 8 heteroatoms. The molecule has 0 radical (unpaired) electrons. The molecule has 1 aliphatic heterocycles. The van der Waals surface area contributed by atoms with Gasteiger partial charge in [0.25, 0.3) is 0 Å². The summed E-state index contributed by atoms with van der Waals surface area (Å²) in [6.45, 7) is 4.79. The van der Waals surface area contributed by atoms with Crippen molar-refractivity contribution in [2.45, 2.75) is 45.4 Å². The predicted molar refractivity (Wildman–Crippen MR) is 107 cm³/mol. The van der Waals surface area contributed by atoms with Gasteiger partial charge in [-0.3, -0.25) is 4.99 Å². The molecule has 3 rings (SSSR count). The second kappa shape index (κ2) is 9.71. The van der Waals surface area contributed by atoms with Gasteiger partial charge in [-0.25, -0.2) is 9.67 Å². The zero-order valence-corrected chi connectivity index (χ0v) is 16.7. The maximum atomic E-state index is 6.22. The van der Waals surface area contributed by atoms with Crippen LogP contribution in [0.1, 0.15) is 30.6 Å². The fourth-order valence-corrected chi connectivity index (χ4v) is 3.40. The van der Waals surface area contributed by atoms with Crippen LogP contribution in [0.5, 0.6) is 0 Å². The first-order chi connectivity index (χ1) is 13.2. The molecule has 0 fully saturated rings. The molecule has 0 aliphatic carbocycles. The first-order valence-corrected chi connectivity index (χ1v) is 9.77. The summed E-state index contributed by atoms with van der Waals surface area (Å²) >= 11 is 6.22. The molecule has 1 unspecified atom stereocenters. The third kappa shape index (κ3) is 5.43. The lowest BCUT2D eigenvalue weighted by molar-refractivity contribution is 0.177. The normalized spacial score (nSPS) is 16.9. The third-order valence-electron chi connectivity index (χ3n) is 4.47. The summed E-state index contributed by atoms with van der Waals surface area (Å²) in [5, 5.41) is 12.2. The molecule has 0 saturated carbocycles. The highest BCUT2D eigenvalue weighted by molar-refractivity contribution is 6.31. The zero-order chi connectivity index (χ0) is 19.1. The Morgan fingerprint density at radius 1 is 1.41 bits per heavy atom. The monoisotopic (exact) mass is 390 g/mol. The van der Waals surface area contributed by atoms with Gasteiger partial charge in [0, 0.05) is 37.7 Å². The molecule has 1 atom stereocenters. The van der Waals surface area contributed by atoms with Gasteiger partial charge in [-0.05, 0) is 31.4 Å². The summed E-state index contributed by atoms with van der Waals surface area (Å²) in [6.07, 6.45) is 2.71. The number of nitrogens with zero attached hydrogens (tertiary/aromatic N) is 4. The minimum Gasteiger partial charge on any atom is -0.377 e. The Kier molecular flexibility index (Phi) is 7.06. The predicted octanol–water partition coefficient (Wildman–Crippen LogP) is 2.19. The van der Waals surface area contributed by atoms with E-state index in [1.165, 1.54) is 0 Å². The van der Waals surface area contributed by atoms with Crippen LogP contribution in [0.15, 0.2) is 29.3 Å². The standard InChI is InChI=1S/C19H27ClN6O/c1-3-21-19(22-11-10-14-6-4-5-7-16(14)20)23-15-8-9-18-24-17(13-27-2)25-26(18)12-15/h4-7,15H,3,8-13H2,1-2H3,(H2,21,22,23). The lowest BCUT2D eigenvalue weighted by atomic mass is 10.1. The van der Waals surface area contributed by atoms with Crippen LogP contribution >= 0.6 is 11.6 Å². The zero-order valence-electron chi connectivity index (χ0n) is 15.9. The van der Waals surface area contributed by atoms with Crippen LogP contribution in [0, 0.1) is 0 Å². The molecule has 2 aromatic rings. The van der Waals surface area contributed by atoms with Gasteiger partial charge in [0.1, 0.15) is 12.4 Å². The number of halogens is 1. The number of nitrogens with one attached hydrogen (secondary N) is 2. The number of ether oxygens (including phenoxy) is 1. The van der Waals surface area contributed by atoms with Crippen molar-refractivity contribution < 1.29 is 4.74 Å². The number of aryl methyl sites for hydroxylation is 1. The molecule has 7 nitrogen and oxygen atoms in total. The summed E-state index contributed by atoms with van der Waals surface area (Å²) < 4.78 is 7.10. The Morgan fingerprint density at radius 2 is 2.26 bits per heavy atom. The maximum Gasteiger partial charge on any atom is 0.191 e. The fourth-order valence-electron chi connectivity index (χ4n) is 3.17. The lowest BCUT2D eigenvalue weighted by Gasteiger charge is -2.25. The summed E-state index contributed by atoms with van der Waals surface area (Å²) in [5.74, 6) is 2.60. The van der Waals surface area contributed by atoms with E-state index in [-0.39, 0.29) is 6.04 Å². The summed E-state index contributed by atoms with van der Waals surface area (Å²) in [4.78, 5) is 9.23. The van der Waals surface area contributed by atoms with Crippen molar-refractivity contribution in [3.05, 3.63) is 46.5 Å². The highest BCUT2D eigenvalue weighted by atomic mass is 35.5. The minimum absolute atomic E-state index is 0.271. The second-order valence-electron chi connectivity index (χ2n) is 6.54. The van der Waals surface area contributed by atoms with Gasteiger partial charge < -0.3 is 15.4 Å². The average molecular weight is 391 g/mol. The number of aliphatic imine (C=N–C) groups is 1. The van der Waals surface area contributed by atoms with Crippen molar-refractivity contribution in [3.8, 4) is 0 Å². The van der Waals surface area contributed by atoms with Crippen molar-refractivity contribution in [2.24, 2.45) is 4.99 Å². The SMILES string of the molecule is CCNC(=NCCc1ccccc1Cl)NC1CCc2nc(COC)nn2C1. The van der Waals surface area contributed by atoms with Crippen LogP contribution in [-0.4, -0.2) is 47.0 Å². The quantitative estimate of drug-likeness (QED) is 0.559. The first-order valence-electron chi connectivity index (χ1n) is 9.39. The van der Waals surface area contributed by atoms with Crippen molar-refractivity contribution in [1.29, 1.82) is 0 Å². The summed E-state index contributed by atoms with van der Waals surface area (Å²) in [7, 11) is 1.66. The number of hydrogen-bond donors (Lipinski definition) is 2. The van der Waals surface area contributed by atoms with Gasteiger partial charge in [-0.15, -0.1) is 0 Å². The van der Waals surface area contributed by atoms with Crippen LogP contribution < -0.4 is 10.6 Å². The van der Waals surface area contributed by atoms with E-state index in [2.05, 4.69) is 27.6 Å². The van der Waals surface area contributed by atoms with Crippen LogP contribution in [0.3, 0.4) is 0 Å². The van der Waals surface area contributed by atoms with Gasteiger partial charge in [0.15, 0.2) is 11.8 Å². The minimum atomic E-state index is 0.271. The number of guanidine groups is 1. The number of hydrogen-bond acceptors (Lipinski definition) is 4. The highest BCUT2D eigenvalue weighted by Crippen LogP contribution is 2.16. The molecule has 2 heterocycles. The second-order valence-corrected chi connectivity index (χ2v) is 6.95.